The average Bonchev–Trinajstić information content (AvgIpc) is 3.90. The van der Waals surface area contributed by atoms with E-state index in [-0.39, 0.29) is 35.4 Å². The molecule has 280 valence electrons. The van der Waals surface area contributed by atoms with Crippen LogP contribution in [0.5, 0.6) is 0 Å². The number of sulfone groups is 1. The van der Waals surface area contributed by atoms with Gasteiger partial charge in [0.15, 0.2) is 9.84 Å². The number of likely N-dealkylation sites (N-methyl/N-ethyl adjacent to an activating group) is 1. The number of imidazole rings is 1. The van der Waals surface area contributed by atoms with Gasteiger partial charge in [0, 0.05) is 43.0 Å². The molecule has 2 aliphatic rings. The number of anilines is 1. The number of amides is 2. The Morgan fingerprint density at radius 3 is 2.26 bits per heavy atom. The third-order valence-electron chi connectivity index (χ3n) is 10.7. The first-order valence-corrected chi connectivity index (χ1v) is 20.7. The summed E-state index contributed by atoms with van der Waals surface area (Å²) in [6.07, 6.45) is 3.64. The highest BCUT2D eigenvalue weighted by atomic mass is 32.2. The van der Waals surface area contributed by atoms with Crippen molar-refractivity contribution >= 4 is 27.3 Å². The van der Waals surface area contributed by atoms with Gasteiger partial charge >= 0.3 is 0 Å². The molecule has 1 aromatic heterocycles. The van der Waals surface area contributed by atoms with Gasteiger partial charge in [0.1, 0.15) is 11.9 Å². The standard InChI is InChI=1S/C43H48N6O4S/c1-3-48(4-2)40(33-10-6-5-7-11-33)43(51)49-23-9-14-39(49)41-44-29-38(46-41)36-13-8-12-35(28-36)32-17-19-34(20-18-32)42(50)45-37-21-15-31(16-22-37)30-47-24-26-54(52,53)27-25-47/h5-8,10-13,15-22,28-29,39-40H,3-4,9,14,23-27,30H2,1-2H3,(H,44,46)(H,45,50)/t39-,40+/m0/s1. The molecule has 7 rings (SSSR count). The minimum Gasteiger partial charge on any atom is -0.340 e. The summed E-state index contributed by atoms with van der Waals surface area (Å²) in [7, 11) is -2.91. The topological polar surface area (TPSA) is 119 Å². The summed E-state index contributed by atoms with van der Waals surface area (Å²) in [4.78, 5) is 42.0. The molecule has 2 aliphatic heterocycles. The summed E-state index contributed by atoms with van der Waals surface area (Å²) in [5.41, 5.74) is 7.22. The molecule has 0 spiro atoms. The van der Waals surface area contributed by atoms with Crippen LogP contribution in [0.25, 0.3) is 22.4 Å². The number of benzene rings is 4. The molecule has 11 heteroatoms. The maximum Gasteiger partial charge on any atom is 0.255 e. The molecular weight excluding hydrogens is 697 g/mol. The van der Waals surface area contributed by atoms with Crippen molar-refractivity contribution in [3.8, 4) is 22.4 Å². The van der Waals surface area contributed by atoms with E-state index >= 15 is 0 Å². The largest absolute Gasteiger partial charge is 0.340 e. The van der Waals surface area contributed by atoms with Gasteiger partial charge in [-0.05, 0) is 78.5 Å². The van der Waals surface area contributed by atoms with Crippen LogP contribution in [-0.4, -0.2) is 89.1 Å². The number of nitrogens with one attached hydrogen (secondary N) is 2. The smallest absolute Gasteiger partial charge is 0.255 e. The average molecular weight is 745 g/mol. The van der Waals surface area contributed by atoms with Crippen LogP contribution >= 0.6 is 0 Å². The second-order valence-corrected chi connectivity index (χ2v) is 16.4. The van der Waals surface area contributed by atoms with Crippen LogP contribution in [0.2, 0.25) is 0 Å². The molecule has 2 amide bonds. The number of H-pyrrole nitrogens is 1. The minimum absolute atomic E-state index is 0.115. The van der Waals surface area contributed by atoms with Crippen LogP contribution < -0.4 is 5.32 Å². The van der Waals surface area contributed by atoms with Gasteiger partial charge in [0.25, 0.3) is 5.91 Å². The fraction of sp³-hybridized carbons (Fsp3) is 0.326. The third-order valence-corrected chi connectivity index (χ3v) is 12.3. The second kappa shape index (κ2) is 16.5. The lowest BCUT2D eigenvalue weighted by Gasteiger charge is -2.34. The van der Waals surface area contributed by atoms with E-state index < -0.39 is 9.84 Å². The monoisotopic (exact) mass is 744 g/mol. The lowest BCUT2D eigenvalue weighted by Crippen LogP contribution is -2.43. The number of hydrogen-bond donors (Lipinski definition) is 2. The molecule has 2 saturated heterocycles. The van der Waals surface area contributed by atoms with E-state index in [1.807, 2.05) is 102 Å². The number of carbonyl (C=O) groups is 2. The number of hydrogen-bond acceptors (Lipinski definition) is 7. The number of nitrogens with zero attached hydrogens (tertiary/aromatic N) is 4. The Labute approximate surface area is 318 Å². The number of aromatic nitrogens is 2. The lowest BCUT2D eigenvalue weighted by atomic mass is 10.0. The predicted molar refractivity (Wildman–Crippen MR) is 214 cm³/mol. The first-order valence-electron chi connectivity index (χ1n) is 18.9. The summed E-state index contributed by atoms with van der Waals surface area (Å²) < 4.78 is 23.5. The van der Waals surface area contributed by atoms with Crippen LogP contribution in [0, 0.1) is 0 Å². The lowest BCUT2D eigenvalue weighted by molar-refractivity contribution is -0.138. The van der Waals surface area contributed by atoms with Gasteiger partial charge < -0.3 is 15.2 Å². The molecule has 0 bridgehead atoms. The zero-order valence-corrected chi connectivity index (χ0v) is 31.8. The highest BCUT2D eigenvalue weighted by Gasteiger charge is 2.38. The van der Waals surface area contributed by atoms with Gasteiger partial charge in [-0.2, -0.15) is 0 Å². The van der Waals surface area contributed by atoms with E-state index in [4.69, 9.17) is 4.98 Å². The zero-order valence-electron chi connectivity index (χ0n) is 30.9. The summed E-state index contributed by atoms with van der Waals surface area (Å²) >= 11 is 0. The Bertz CT molecular complexity index is 2150. The first-order chi connectivity index (χ1) is 26.2. The molecule has 10 nitrogen and oxygen atoms in total. The van der Waals surface area contributed by atoms with E-state index in [2.05, 4.69) is 46.1 Å². The summed E-state index contributed by atoms with van der Waals surface area (Å²) in [5, 5.41) is 2.98. The van der Waals surface area contributed by atoms with Crippen molar-refractivity contribution in [2.45, 2.75) is 45.3 Å². The number of rotatable bonds is 12. The van der Waals surface area contributed by atoms with E-state index in [0.29, 0.717) is 37.4 Å². The van der Waals surface area contributed by atoms with Gasteiger partial charge in [-0.3, -0.25) is 19.4 Å². The molecule has 54 heavy (non-hydrogen) atoms. The Balaban J connectivity index is 0.996. The van der Waals surface area contributed by atoms with Crippen LogP contribution in [0.4, 0.5) is 5.69 Å². The molecule has 5 aromatic rings. The van der Waals surface area contributed by atoms with Gasteiger partial charge in [0.2, 0.25) is 5.91 Å². The molecule has 3 heterocycles. The highest BCUT2D eigenvalue weighted by Crippen LogP contribution is 2.36. The predicted octanol–water partition coefficient (Wildman–Crippen LogP) is 6.97. The van der Waals surface area contributed by atoms with Gasteiger partial charge in [-0.25, -0.2) is 13.4 Å². The molecule has 0 unspecified atom stereocenters. The minimum atomic E-state index is -2.91. The van der Waals surface area contributed by atoms with Crippen molar-refractivity contribution in [1.82, 2.24) is 24.7 Å². The van der Waals surface area contributed by atoms with E-state index in [0.717, 1.165) is 65.3 Å². The molecule has 0 radical (unpaired) electrons. The summed E-state index contributed by atoms with van der Waals surface area (Å²) in [6, 6.07) is 33.1. The van der Waals surface area contributed by atoms with Crippen LogP contribution in [-0.2, 0) is 21.2 Å². The Hall–Kier alpha value is -5.10. The number of likely N-dealkylation sites (tertiary alicyclic amines) is 1. The quantitative estimate of drug-likeness (QED) is 0.142. The van der Waals surface area contributed by atoms with Crippen molar-refractivity contribution in [3.05, 3.63) is 132 Å². The molecule has 2 N–H and O–H groups in total. The van der Waals surface area contributed by atoms with Crippen molar-refractivity contribution in [2.24, 2.45) is 0 Å². The molecule has 0 aliphatic carbocycles. The van der Waals surface area contributed by atoms with Gasteiger partial charge in [-0.15, -0.1) is 0 Å². The van der Waals surface area contributed by atoms with Crippen molar-refractivity contribution < 1.29 is 18.0 Å². The number of aromatic amines is 1. The second-order valence-electron chi connectivity index (χ2n) is 14.1. The van der Waals surface area contributed by atoms with E-state index in [1.54, 1.807) is 0 Å². The Kier molecular flexibility index (Phi) is 11.4. The molecule has 2 fully saturated rings. The molecular formula is C43H48N6O4S. The fourth-order valence-electron chi connectivity index (χ4n) is 7.60. The summed E-state index contributed by atoms with van der Waals surface area (Å²) in [5.74, 6) is 1.13. The first kappa shape index (κ1) is 37.2. The van der Waals surface area contributed by atoms with Crippen molar-refractivity contribution in [1.29, 1.82) is 0 Å². The maximum absolute atomic E-state index is 14.2. The van der Waals surface area contributed by atoms with Crippen LogP contribution in [0.3, 0.4) is 0 Å². The van der Waals surface area contributed by atoms with E-state index in [9.17, 15) is 18.0 Å². The van der Waals surface area contributed by atoms with Crippen LogP contribution in [0.1, 0.15) is 66.1 Å². The van der Waals surface area contributed by atoms with Crippen molar-refractivity contribution in [2.75, 3.05) is 49.5 Å². The Morgan fingerprint density at radius 2 is 1.56 bits per heavy atom. The third kappa shape index (κ3) is 8.49. The van der Waals surface area contributed by atoms with Crippen LogP contribution in [0.15, 0.2) is 109 Å². The molecule has 4 aromatic carbocycles. The van der Waals surface area contributed by atoms with Gasteiger partial charge in [0.05, 0.1) is 29.4 Å². The normalized spacial score (nSPS) is 17.8. The Morgan fingerprint density at radius 1 is 0.852 bits per heavy atom. The SMILES string of the molecule is CCN(CC)[C@@H](C(=O)N1CCC[C@H]1c1ncc(-c2cccc(-c3ccc(C(=O)Nc4ccc(CN5CCS(=O)(=O)CC5)cc4)cc3)c2)[nH]1)c1ccccc1. The molecule has 2 atom stereocenters. The summed E-state index contributed by atoms with van der Waals surface area (Å²) in [6.45, 7) is 8.25. The van der Waals surface area contributed by atoms with E-state index in [1.165, 1.54) is 0 Å². The molecule has 0 saturated carbocycles. The zero-order chi connectivity index (χ0) is 37.7. The van der Waals surface area contributed by atoms with Gasteiger partial charge in [-0.1, -0.05) is 86.6 Å². The highest BCUT2D eigenvalue weighted by molar-refractivity contribution is 7.91. The van der Waals surface area contributed by atoms with Crippen molar-refractivity contribution in [3.63, 3.8) is 0 Å². The maximum atomic E-state index is 14.2. The number of carbonyl (C=O) groups excluding carboxylic acids is 2. The fourth-order valence-corrected chi connectivity index (χ4v) is 8.88.